The van der Waals surface area contributed by atoms with Crippen LogP contribution in [-0.4, -0.2) is 37.6 Å². The fourth-order valence-electron chi connectivity index (χ4n) is 3.97. The maximum atomic E-state index is 9.34. The second kappa shape index (κ2) is 6.91. The first-order valence-electron chi connectivity index (χ1n) is 8.36. The molecule has 0 aromatic carbocycles. The van der Waals surface area contributed by atoms with Gasteiger partial charge in [0.1, 0.15) is 0 Å². The Morgan fingerprint density at radius 2 is 1.90 bits per heavy atom. The minimum atomic E-state index is -0.179. The lowest BCUT2D eigenvalue weighted by Gasteiger charge is -2.32. The molecule has 1 aliphatic heterocycles. The average molecular weight is 277 g/mol. The molecular weight excluding hydrogens is 246 g/mol. The van der Waals surface area contributed by atoms with E-state index in [1.54, 1.807) is 0 Å². The maximum Gasteiger partial charge on any atom is 0.0687 e. The molecule has 2 unspecified atom stereocenters. The third-order valence-electron chi connectivity index (χ3n) is 5.53. The average Bonchev–Trinajstić information content (AvgIpc) is 2.90. The zero-order valence-electron chi connectivity index (χ0n) is 13.5. The molecule has 1 saturated carbocycles. The highest BCUT2D eigenvalue weighted by Gasteiger charge is 2.38. The Morgan fingerprint density at radius 1 is 1.20 bits per heavy atom. The van der Waals surface area contributed by atoms with Gasteiger partial charge in [0.2, 0.25) is 0 Å². The Morgan fingerprint density at radius 3 is 2.55 bits per heavy atom. The molecule has 0 spiro atoms. The van der Waals surface area contributed by atoms with Crippen molar-refractivity contribution in [2.24, 2.45) is 17.3 Å². The van der Waals surface area contributed by atoms with Gasteiger partial charge in [-0.1, -0.05) is 6.42 Å². The minimum Gasteiger partial charge on any atom is -0.314 e. The van der Waals surface area contributed by atoms with Gasteiger partial charge in [-0.25, -0.2) is 0 Å². The van der Waals surface area contributed by atoms with Gasteiger partial charge in [-0.05, 0) is 84.5 Å². The van der Waals surface area contributed by atoms with E-state index in [1.165, 1.54) is 51.6 Å². The zero-order chi connectivity index (χ0) is 14.6. The molecule has 0 bridgehead atoms. The van der Waals surface area contributed by atoms with Crippen LogP contribution in [0.5, 0.6) is 0 Å². The second-order valence-corrected chi connectivity index (χ2v) is 7.47. The van der Waals surface area contributed by atoms with Crippen LogP contribution in [0, 0.1) is 28.6 Å². The molecular formula is C17H31N3. The van der Waals surface area contributed by atoms with Crippen LogP contribution in [0.1, 0.15) is 52.4 Å². The van der Waals surface area contributed by atoms with Gasteiger partial charge in [-0.3, -0.25) is 0 Å². The van der Waals surface area contributed by atoms with E-state index in [-0.39, 0.29) is 5.41 Å². The van der Waals surface area contributed by atoms with Gasteiger partial charge in [0.25, 0.3) is 0 Å². The Bertz CT molecular complexity index is 337. The van der Waals surface area contributed by atoms with E-state index in [9.17, 15) is 5.26 Å². The van der Waals surface area contributed by atoms with Crippen LogP contribution in [0.15, 0.2) is 0 Å². The van der Waals surface area contributed by atoms with E-state index in [1.807, 2.05) is 0 Å². The number of hydrogen-bond donors (Lipinski definition) is 1. The van der Waals surface area contributed by atoms with Gasteiger partial charge in [0, 0.05) is 6.04 Å². The van der Waals surface area contributed by atoms with Gasteiger partial charge < -0.3 is 10.2 Å². The van der Waals surface area contributed by atoms with Crippen molar-refractivity contribution < 1.29 is 0 Å². The van der Waals surface area contributed by atoms with Gasteiger partial charge >= 0.3 is 0 Å². The van der Waals surface area contributed by atoms with E-state index < -0.39 is 0 Å². The number of nitrogens with one attached hydrogen (secondary N) is 1. The van der Waals surface area contributed by atoms with Gasteiger partial charge in [-0.15, -0.1) is 0 Å². The first-order chi connectivity index (χ1) is 9.53. The molecule has 2 aliphatic rings. The molecule has 0 amide bonds. The van der Waals surface area contributed by atoms with E-state index in [2.05, 4.69) is 37.2 Å². The number of hydrogen-bond acceptors (Lipinski definition) is 3. The van der Waals surface area contributed by atoms with Crippen LogP contribution in [0.2, 0.25) is 0 Å². The van der Waals surface area contributed by atoms with E-state index in [0.717, 1.165) is 12.5 Å². The van der Waals surface area contributed by atoms with E-state index >= 15 is 0 Å². The molecule has 0 aromatic heterocycles. The molecule has 0 radical (unpaired) electrons. The predicted octanol–water partition coefficient (Wildman–Crippen LogP) is 3.03. The second-order valence-electron chi connectivity index (χ2n) is 7.47. The summed E-state index contributed by atoms with van der Waals surface area (Å²) in [6, 6.07) is 3.08. The molecule has 1 heterocycles. The smallest absolute Gasteiger partial charge is 0.0687 e. The number of likely N-dealkylation sites (tertiary alicyclic amines) is 1. The molecule has 114 valence electrons. The normalized spacial score (nSPS) is 29.5. The molecule has 1 aliphatic carbocycles. The highest BCUT2D eigenvalue weighted by Crippen LogP contribution is 2.39. The lowest BCUT2D eigenvalue weighted by molar-refractivity contribution is 0.203. The van der Waals surface area contributed by atoms with Crippen LogP contribution in [-0.2, 0) is 0 Å². The zero-order valence-corrected chi connectivity index (χ0v) is 13.5. The first kappa shape index (κ1) is 15.8. The van der Waals surface area contributed by atoms with Crippen molar-refractivity contribution in [3.8, 4) is 6.07 Å². The summed E-state index contributed by atoms with van der Waals surface area (Å²) in [5.41, 5.74) is -0.179. The summed E-state index contributed by atoms with van der Waals surface area (Å²) in [7, 11) is 2.22. The molecule has 2 atom stereocenters. The summed E-state index contributed by atoms with van der Waals surface area (Å²) in [6.07, 6.45) is 7.77. The lowest BCUT2D eigenvalue weighted by Crippen LogP contribution is -2.40. The Kier molecular flexibility index (Phi) is 5.46. The molecule has 3 nitrogen and oxygen atoms in total. The number of nitrogens with zero attached hydrogens (tertiary/aromatic N) is 2. The fourth-order valence-corrected chi connectivity index (χ4v) is 3.97. The summed E-state index contributed by atoms with van der Waals surface area (Å²) in [5.74, 6) is 1.44. The quantitative estimate of drug-likeness (QED) is 0.839. The molecule has 1 N–H and O–H groups in total. The topological polar surface area (TPSA) is 39.1 Å². The molecule has 20 heavy (non-hydrogen) atoms. The molecule has 3 heteroatoms. The van der Waals surface area contributed by atoms with Crippen LogP contribution in [0.3, 0.4) is 0 Å². The van der Waals surface area contributed by atoms with E-state index in [0.29, 0.717) is 12.0 Å². The van der Waals surface area contributed by atoms with Crippen molar-refractivity contribution in [3.05, 3.63) is 0 Å². The van der Waals surface area contributed by atoms with Gasteiger partial charge in [-0.2, -0.15) is 5.26 Å². The van der Waals surface area contributed by atoms with Crippen LogP contribution in [0.25, 0.3) is 0 Å². The Labute approximate surface area is 124 Å². The summed E-state index contributed by atoms with van der Waals surface area (Å²) in [6.45, 7) is 7.87. The fraction of sp³-hybridized carbons (Fsp3) is 0.941. The standard InChI is InChI=1S/C17H31N3/c1-17(2,13-18)15-5-4-6-16(15)19-10-7-14-8-11-20(3)12-9-14/h14-16,19H,4-12H2,1-3H3. The molecule has 2 rings (SSSR count). The van der Waals surface area contributed by atoms with Gasteiger partial charge in [0.15, 0.2) is 0 Å². The Balaban J connectivity index is 1.72. The number of piperidine rings is 1. The van der Waals surface area contributed by atoms with Gasteiger partial charge in [0.05, 0.1) is 11.5 Å². The summed E-state index contributed by atoms with van der Waals surface area (Å²) in [5, 5.41) is 13.1. The lowest BCUT2D eigenvalue weighted by atomic mass is 9.77. The van der Waals surface area contributed by atoms with Crippen LogP contribution >= 0.6 is 0 Å². The van der Waals surface area contributed by atoms with Crippen LogP contribution in [0.4, 0.5) is 0 Å². The van der Waals surface area contributed by atoms with Crippen molar-refractivity contribution in [3.63, 3.8) is 0 Å². The summed E-state index contributed by atoms with van der Waals surface area (Å²) < 4.78 is 0. The van der Waals surface area contributed by atoms with Crippen molar-refractivity contribution in [1.29, 1.82) is 5.26 Å². The van der Waals surface area contributed by atoms with Crippen molar-refractivity contribution >= 4 is 0 Å². The summed E-state index contributed by atoms with van der Waals surface area (Å²) >= 11 is 0. The van der Waals surface area contributed by atoms with Crippen molar-refractivity contribution in [2.45, 2.75) is 58.4 Å². The summed E-state index contributed by atoms with van der Waals surface area (Å²) in [4.78, 5) is 2.44. The van der Waals surface area contributed by atoms with E-state index in [4.69, 9.17) is 0 Å². The van der Waals surface area contributed by atoms with Crippen molar-refractivity contribution in [1.82, 2.24) is 10.2 Å². The van der Waals surface area contributed by atoms with Crippen molar-refractivity contribution in [2.75, 3.05) is 26.7 Å². The third-order valence-corrected chi connectivity index (χ3v) is 5.53. The first-order valence-corrected chi connectivity index (χ1v) is 8.36. The number of nitriles is 1. The highest BCUT2D eigenvalue weighted by molar-refractivity contribution is 5.03. The predicted molar refractivity (Wildman–Crippen MR) is 83.4 cm³/mol. The number of rotatable bonds is 5. The molecule has 2 fully saturated rings. The SMILES string of the molecule is CN1CCC(CCNC2CCCC2C(C)(C)C#N)CC1. The monoisotopic (exact) mass is 277 g/mol. The molecule has 0 aromatic rings. The third kappa shape index (κ3) is 3.96. The largest absolute Gasteiger partial charge is 0.314 e. The highest BCUT2D eigenvalue weighted by atomic mass is 15.1. The maximum absolute atomic E-state index is 9.34. The Hall–Kier alpha value is -0.590. The minimum absolute atomic E-state index is 0.179. The van der Waals surface area contributed by atoms with Crippen LogP contribution < -0.4 is 5.32 Å². The molecule has 1 saturated heterocycles.